The zero-order valence-corrected chi connectivity index (χ0v) is 8.92. The number of carbonyl (C=O) groups excluding carboxylic acids is 1. The van der Waals surface area contributed by atoms with E-state index in [0.29, 0.717) is 18.5 Å². The van der Waals surface area contributed by atoms with Crippen LogP contribution in [0.3, 0.4) is 0 Å². The summed E-state index contributed by atoms with van der Waals surface area (Å²) in [5.74, 6) is 2.56. The van der Waals surface area contributed by atoms with Crippen LogP contribution in [0.5, 0.6) is 0 Å². The Morgan fingerprint density at radius 1 is 1.53 bits per heavy atom. The van der Waals surface area contributed by atoms with Crippen molar-refractivity contribution in [3.63, 3.8) is 0 Å². The predicted octanol–water partition coefficient (Wildman–Crippen LogP) is 2.00. The van der Waals surface area contributed by atoms with Crippen LogP contribution in [-0.2, 0) is 6.42 Å². The number of terminal acetylenes is 1. The standard InChI is InChI=1S/C13H15NO/c1-3-5-7-11-8-6-9-12(10-11)13(15)14-4-2/h1,6,8-10H,4-5,7H2,2H3,(H,14,15). The summed E-state index contributed by atoms with van der Waals surface area (Å²) >= 11 is 0. The fourth-order valence-electron chi connectivity index (χ4n) is 1.35. The molecule has 0 radical (unpaired) electrons. The molecule has 0 bridgehead atoms. The second-order valence-corrected chi connectivity index (χ2v) is 3.26. The molecule has 1 aromatic carbocycles. The minimum atomic E-state index is -0.0277. The molecule has 0 spiro atoms. The molecule has 1 aromatic rings. The summed E-state index contributed by atoms with van der Waals surface area (Å²) in [5, 5.41) is 2.77. The zero-order valence-electron chi connectivity index (χ0n) is 8.92. The maximum Gasteiger partial charge on any atom is 0.251 e. The third kappa shape index (κ3) is 3.47. The fraction of sp³-hybridized carbons (Fsp3) is 0.308. The van der Waals surface area contributed by atoms with Gasteiger partial charge < -0.3 is 5.32 Å². The summed E-state index contributed by atoms with van der Waals surface area (Å²) in [6.07, 6.45) is 6.72. The summed E-state index contributed by atoms with van der Waals surface area (Å²) in [4.78, 5) is 11.5. The minimum absolute atomic E-state index is 0.0277. The van der Waals surface area contributed by atoms with Gasteiger partial charge in [-0.1, -0.05) is 12.1 Å². The van der Waals surface area contributed by atoms with Crippen LogP contribution in [0.1, 0.15) is 29.3 Å². The van der Waals surface area contributed by atoms with Gasteiger partial charge in [0.2, 0.25) is 0 Å². The predicted molar refractivity (Wildman–Crippen MR) is 61.6 cm³/mol. The van der Waals surface area contributed by atoms with Gasteiger partial charge in [-0.3, -0.25) is 4.79 Å². The molecule has 0 saturated heterocycles. The Kier molecular flexibility index (Phi) is 4.43. The molecule has 0 fully saturated rings. The molecule has 0 unspecified atom stereocenters. The van der Waals surface area contributed by atoms with Gasteiger partial charge in [0.05, 0.1) is 0 Å². The Labute approximate surface area is 90.7 Å². The lowest BCUT2D eigenvalue weighted by Gasteiger charge is -2.04. The lowest BCUT2D eigenvalue weighted by Crippen LogP contribution is -2.22. The summed E-state index contributed by atoms with van der Waals surface area (Å²) < 4.78 is 0. The van der Waals surface area contributed by atoms with Crippen LogP contribution < -0.4 is 5.32 Å². The normalized spacial score (nSPS) is 9.33. The number of rotatable bonds is 4. The monoisotopic (exact) mass is 201 g/mol. The fourth-order valence-corrected chi connectivity index (χ4v) is 1.35. The maximum absolute atomic E-state index is 11.5. The van der Waals surface area contributed by atoms with Crippen molar-refractivity contribution in [2.75, 3.05) is 6.54 Å². The second kappa shape index (κ2) is 5.87. The highest BCUT2D eigenvalue weighted by Crippen LogP contribution is 2.07. The van der Waals surface area contributed by atoms with Crippen molar-refractivity contribution >= 4 is 5.91 Å². The molecular weight excluding hydrogens is 186 g/mol. The van der Waals surface area contributed by atoms with Crippen LogP contribution in [0.4, 0.5) is 0 Å². The molecule has 0 heterocycles. The summed E-state index contributed by atoms with van der Waals surface area (Å²) in [6.45, 7) is 2.55. The first-order valence-corrected chi connectivity index (χ1v) is 5.08. The van der Waals surface area contributed by atoms with Crippen molar-refractivity contribution in [3.05, 3.63) is 35.4 Å². The minimum Gasteiger partial charge on any atom is -0.352 e. The molecule has 2 heteroatoms. The van der Waals surface area contributed by atoms with E-state index in [2.05, 4.69) is 11.2 Å². The molecule has 1 N–H and O–H groups in total. The van der Waals surface area contributed by atoms with Crippen molar-refractivity contribution < 1.29 is 4.79 Å². The van der Waals surface area contributed by atoms with E-state index in [1.807, 2.05) is 31.2 Å². The number of hydrogen-bond donors (Lipinski definition) is 1. The largest absolute Gasteiger partial charge is 0.352 e. The summed E-state index contributed by atoms with van der Waals surface area (Å²) in [6, 6.07) is 7.57. The van der Waals surface area contributed by atoms with Crippen LogP contribution in [0, 0.1) is 12.3 Å². The first-order valence-electron chi connectivity index (χ1n) is 5.08. The van der Waals surface area contributed by atoms with E-state index in [4.69, 9.17) is 6.42 Å². The molecule has 2 nitrogen and oxygen atoms in total. The lowest BCUT2D eigenvalue weighted by molar-refractivity contribution is 0.0955. The Bertz CT molecular complexity index is 376. The lowest BCUT2D eigenvalue weighted by atomic mass is 10.1. The molecular formula is C13H15NO. The average molecular weight is 201 g/mol. The molecule has 0 aliphatic rings. The van der Waals surface area contributed by atoms with Crippen molar-refractivity contribution in [1.82, 2.24) is 5.32 Å². The Balaban J connectivity index is 2.74. The first kappa shape index (κ1) is 11.3. The Morgan fingerprint density at radius 2 is 2.33 bits per heavy atom. The topological polar surface area (TPSA) is 29.1 Å². The highest BCUT2D eigenvalue weighted by atomic mass is 16.1. The number of benzene rings is 1. The van der Waals surface area contributed by atoms with Gasteiger partial charge in [-0.15, -0.1) is 12.3 Å². The van der Waals surface area contributed by atoms with Gasteiger partial charge in [0.1, 0.15) is 0 Å². The van der Waals surface area contributed by atoms with E-state index >= 15 is 0 Å². The van der Waals surface area contributed by atoms with Crippen molar-refractivity contribution in [2.45, 2.75) is 19.8 Å². The molecule has 0 aliphatic carbocycles. The van der Waals surface area contributed by atoms with Gasteiger partial charge >= 0.3 is 0 Å². The highest BCUT2D eigenvalue weighted by molar-refractivity contribution is 5.94. The number of nitrogens with one attached hydrogen (secondary N) is 1. The van der Waals surface area contributed by atoms with Crippen LogP contribution in [0.25, 0.3) is 0 Å². The molecule has 15 heavy (non-hydrogen) atoms. The van der Waals surface area contributed by atoms with Gasteiger partial charge in [0.15, 0.2) is 0 Å². The molecule has 78 valence electrons. The van der Waals surface area contributed by atoms with Gasteiger partial charge in [0, 0.05) is 18.5 Å². The van der Waals surface area contributed by atoms with Gasteiger partial charge in [-0.05, 0) is 31.0 Å². The zero-order chi connectivity index (χ0) is 11.1. The smallest absolute Gasteiger partial charge is 0.251 e. The number of aryl methyl sites for hydroxylation is 1. The quantitative estimate of drug-likeness (QED) is 0.742. The van der Waals surface area contributed by atoms with E-state index in [9.17, 15) is 4.79 Å². The molecule has 1 rings (SSSR count). The van der Waals surface area contributed by atoms with E-state index in [0.717, 1.165) is 12.0 Å². The third-order valence-electron chi connectivity index (χ3n) is 2.08. The number of carbonyl (C=O) groups is 1. The van der Waals surface area contributed by atoms with Gasteiger partial charge in [-0.25, -0.2) is 0 Å². The van der Waals surface area contributed by atoms with Crippen LogP contribution in [-0.4, -0.2) is 12.5 Å². The molecule has 0 atom stereocenters. The van der Waals surface area contributed by atoms with Crippen LogP contribution >= 0.6 is 0 Å². The van der Waals surface area contributed by atoms with Gasteiger partial charge in [-0.2, -0.15) is 0 Å². The van der Waals surface area contributed by atoms with Crippen molar-refractivity contribution in [2.24, 2.45) is 0 Å². The molecule has 0 saturated carbocycles. The van der Waals surface area contributed by atoms with Crippen molar-refractivity contribution in [3.8, 4) is 12.3 Å². The average Bonchev–Trinajstić information content (AvgIpc) is 2.27. The van der Waals surface area contributed by atoms with E-state index in [1.54, 1.807) is 0 Å². The van der Waals surface area contributed by atoms with E-state index in [1.165, 1.54) is 0 Å². The summed E-state index contributed by atoms with van der Waals surface area (Å²) in [7, 11) is 0. The molecule has 1 amide bonds. The van der Waals surface area contributed by atoms with Crippen LogP contribution in [0.15, 0.2) is 24.3 Å². The maximum atomic E-state index is 11.5. The van der Waals surface area contributed by atoms with Crippen molar-refractivity contribution in [1.29, 1.82) is 0 Å². The Morgan fingerprint density at radius 3 is 3.00 bits per heavy atom. The first-order chi connectivity index (χ1) is 7.27. The molecule has 0 aromatic heterocycles. The SMILES string of the molecule is C#CCCc1cccc(C(=O)NCC)c1. The molecule has 0 aliphatic heterocycles. The van der Waals surface area contributed by atoms with Gasteiger partial charge in [0.25, 0.3) is 5.91 Å². The Hall–Kier alpha value is -1.75. The number of amides is 1. The van der Waals surface area contributed by atoms with E-state index < -0.39 is 0 Å². The van der Waals surface area contributed by atoms with E-state index in [-0.39, 0.29) is 5.91 Å². The highest BCUT2D eigenvalue weighted by Gasteiger charge is 2.03. The number of hydrogen-bond acceptors (Lipinski definition) is 1. The third-order valence-corrected chi connectivity index (χ3v) is 2.08. The van der Waals surface area contributed by atoms with Crippen LogP contribution in [0.2, 0.25) is 0 Å². The second-order valence-electron chi connectivity index (χ2n) is 3.26. The summed E-state index contributed by atoms with van der Waals surface area (Å²) in [5.41, 5.74) is 1.81.